The highest BCUT2D eigenvalue weighted by Crippen LogP contribution is 2.24. The number of hydrogen-bond donors (Lipinski definition) is 2. The molecule has 1 aromatic carbocycles. The van der Waals surface area contributed by atoms with Crippen LogP contribution >= 0.6 is 0 Å². The Morgan fingerprint density at radius 3 is 3.05 bits per heavy atom. The molecule has 0 atom stereocenters. The topological polar surface area (TPSA) is 84.8 Å². The van der Waals surface area contributed by atoms with Gasteiger partial charge in [-0.05, 0) is 25.1 Å². The standard InChI is InChI=1S/C15H17N5O2/c1-3-20-9-18-14(19-20)8-17-10-6-12(15(21)22-2)11-4-5-16-13(11)7-10/h4-7,9,16-17H,3,8H2,1-2H3. The lowest BCUT2D eigenvalue weighted by atomic mass is 10.1. The second-order valence-corrected chi connectivity index (χ2v) is 4.82. The number of carbonyl (C=O) groups is 1. The number of ether oxygens (including phenoxy) is 1. The summed E-state index contributed by atoms with van der Waals surface area (Å²) in [5.41, 5.74) is 2.21. The van der Waals surface area contributed by atoms with Crippen LogP contribution in [0.4, 0.5) is 5.69 Å². The lowest BCUT2D eigenvalue weighted by Gasteiger charge is -2.08. The molecular weight excluding hydrogens is 282 g/mol. The zero-order valence-corrected chi connectivity index (χ0v) is 12.5. The first-order valence-corrected chi connectivity index (χ1v) is 7.03. The van der Waals surface area contributed by atoms with Gasteiger partial charge in [-0.1, -0.05) is 0 Å². The zero-order valence-electron chi connectivity index (χ0n) is 12.5. The van der Waals surface area contributed by atoms with Gasteiger partial charge in [0.25, 0.3) is 0 Å². The number of benzene rings is 1. The summed E-state index contributed by atoms with van der Waals surface area (Å²) in [6.45, 7) is 3.28. The van der Waals surface area contributed by atoms with E-state index in [1.54, 1.807) is 23.3 Å². The van der Waals surface area contributed by atoms with E-state index in [9.17, 15) is 4.79 Å². The number of carbonyl (C=O) groups excluding carboxylic acids is 1. The molecule has 3 rings (SSSR count). The SMILES string of the molecule is CCn1cnc(CNc2cc(C(=O)OC)c3cc[nH]c3c2)n1. The molecule has 0 aliphatic heterocycles. The minimum absolute atomic E-state index is 0.360. The Balaban J connectivity index is 1.85. The van der Waals surface area contributed by atoms with E-state index in [4.69, 9.17) is 4.74 Å². The first-order valence-electron chi connectivity index (χ1n) is 7.03. The molecule has 2 N–H and O–H groups in total. The number of methoxy groups -OCH3 is 1. The van der Waals surface area contributed by atoms with E-state index in [2.05, 4.69) is 20.4 Å². The molecule has 0 bridgehead atoms. The molecule has 3 aromatic rings. The van der Waals surface area contributed by atoms with Gasteiger partial charge in [0, 0.05) is 29.3 Å². The van der Waals surface area contributed by atoms with Crippen molar-refractivity contribution >= 4 is 22.6 Å². The summed E-state index contributed by atoms with van der Waals surface area (Å²) in [6.07, 6.45) is 3.50. The Morgan fingerprint density at radius 2 is 2.32 bits per heavy atom. The molecule has 7 nitrogen and oxygen atoms in total. The summed E-state index contributed by atoms with van der Waals surface area (Å²) in [4.78, 5) is 19.2. The van der Waals surface area contributed by atoms with Gasteiger partial charge in [0.05, 0.1) is 19.2 Å². The Kier molecular flexibility index (Phi) is 3.78. The van der Waals surface area contributed by atoms with Crippen LogP contribution < -0.4 is 5.32 Å². The van der Waals surface area contributed by atoms with E-state index in [0.717, 1.165) is 23.1 Å². The van der Waals surface area contributed by atoms with Gasteiger partial charge in [-0.25, -0.2) is 9.78 Å². The average molecular weight is 299 g/mol. The van der Waals surface area contributed by atoms with Crippen molar-refractivity contribution in [3.05, 3.63) is 42.1 Å². The van der Waals surface area contributed by atoms with E-state index in [1.807, 2.05) is 19.1 Å². The number of nitrogens with zero attached hydrogens (tertiary/aromatic N) is 3. The van der Waals surface area contributed by atoms with Crippen LogP contribution in [-0.2, 0) is 17.8 Å². The largest absolute Gasteiger partial charge is 0.465 e. The molecule has 22 heavy (non-hydrogen) atoms. The highest BCUT2D eigenvalue weighted by atomic mass is 16.5. The third-order valence-corrected chi connectivity index (χ3v) is 3.43. The molecule has 0 unspecified atom stereocenters. The number of rotatable bonds is 5. The highest BCUT2D eigenvalue weighted by Gasteiger charge is 2.13. The van der Waals surface area contributed by atoms with Gasteiger partial charge in [-0.3, -0.25) is 4.68 Å². The zero-order chi connectivity index (χ0) is 15.5. The van der Waals surface area contributed by atoms with Crippen LogP contribution in [-0.4, -0.2) is 32.8 Å². The van der Waals surface area contributed by atoms with Gasteiger partial charge < -0.3 is 15.0 Å². The van der Waals surface area contributed by atoms with Crippen molar-refractivity contribution in [3.8, 4) is 0 Å². The van der Waals surface area contributed by atoms with Crippen molar-refractivity contribution in [1.82, 2.24) is 19.7 Å². The second kappa shape index (κ2) is 5.88. The summed E-state index contributed by atoms with van der Waals surface area (Å²) in [5, 5.41) is 8.39. The van der Waals surface area contributed by atoms with E-state index in [1.165, 1.54) is 7.11 Å². The van der Waals surface area contributed by atoms with Gasteiger partial charge in [0.2, 0.25) is 0 Å². The predicted molar refractivity (Wildman–Crippen MR) is 82.7 cm³/mol. The quantitative estimate of drug-likeness (QED) is 0.705. The first-order chi connectivity index (χ1) is 10.7. The third kappa shape index (κ3) is 2.65. The number of anilines is 1. The molecule has 0 radical (unpaired) electrons. The molecule has 0 saturated heterocycles. The molecule has 0 aliphatic carbocycles. The molecule has 0 fully saturated rings. The molecule has 0 amide bonds. The fourth-order valence-electron chi connectivity index (χ4n) is 2.30. The third-order valence-electron chi connectivity index (χ3n) is 3.43. The maximum atomic E-state index is 11.9. The molecule has 2 heterocycles. The van der Waals surface area contributed by atoms with Gasteiger partial charge in [0.15, 0.2) is 5.82 Å². The molecule has 7 heteroatoms. The maximum Gasteiger partial charge on any atom is 0.338 e. The van der Waals surface area contributed by atoms with Crippen LogP contribution in [0.2, 0.25) is 0 Å². The molecular formula is C15H17N5O2. The Bertz CT molecular complexity index is 805. The van der Waals surface area contributed by atoms with E-state index < -0.39 is 0 Å². The first kappa shape index (κ1) is 14.1. The number of fused-ring (bicyclic) bond motifs is 1. The number of H-pyrrole nitrogens is 1. The maximum absolute atomic E-state index is 11.9. The van der Waals surface area contributed by atoms with E-state index >= 15 is 0 Å². The van der Waals surface area contributed by atoms with E-state index in [0.29, 0.717) is 17.9 Å². The van der Waals surface area contributed by atoms with Crippen molar-refractivity contribution in [3.63, 3.8) is 0 Å². The summed E-state index contributed by atoms with van der Waals surface area (Å²) in [6, 6.07) is 5.58. The number of aromatic nitrogens is 4. The second-order valence-electron chi connectivity index (χ2n) is 4.82. The summed E-state index contributed by atoms with van der Waals surface area (Å²) in [5.74, 6) is 0.342. The summed E-state index contributed by atoms with van der Waals surface area (Å²) < 4.78 is 6.61. The number of aromatic amines is 1. The summed E-state index contributed by atoms with van der Waals surface area (Å²) in [7, 11) is 1.38. The van der Waals surface area contributed by atoms with Crippen molar-refractivity contribution < 1.29 is 9.53 Å². The fourth-order valence-corrected chi connectivity index (χ4v) is 2.30. The average Bonchev–Trinajstić information content (AvgIpc) is 3.19. The van der Waals surface area contributed by atoms with E-state index in [-0.39, 0.29) is 5.97 Å². The molecule has 2 aromatic heterocycles. The van der Waals surface area contributed by atoms with Crippen LogP contribution in [0.25, 0.3) is 10.9 Å². The minimum Gasteiger partial charge on any atom is -0.465 e. The number of esters is 1. The van der Waals surface area contributed by atoms with Gasteiger partial charge in [0.1, 0.15) is 6.33 Å². The van der Waals surface area contributed by atoms with Gasteiger partial charge in [-0.2, -0.15) is 5.10 Å². The monoisotopic (exact) mass is 299 g/mol. The summed E-state index contributed by atoms with van der Waals surface area (Å²) >= 11 is 0. The molecule has 0 spiro atoms. The van der Waals surface area contributed by atoms with Crippen molar-refractivity contribution in [2.75, 3.05) is 12.4 Å². The van der Waals surface area contributed by atoms with Crippen molar-refractivity contribution in [2.45, 2.75) is 20.0 Å². The Morgan fingerprint density at radius 1 is 1.45 bits per heavy atom. The Labute approximate surface area is 127 Å². The van der Waals surface area contributed by atoms with Crippen LogP contribution in [0.15, 0.2) is 30.7 Å². The normalized spacial score (nSPS) is 10.8. The van der Waals surface area contributed by atoms with Crippen molar-refractivity contribution in [1.29, 1.82) is 0 Å². The highest BCUT2D eigenvalue weighted by molar-refractivity contribution is 6.05. The van der Waals surface area contributed by atoms with Crippen molar-refractivity contribution in [2.24, 2.45) is 0 Å². The molecule has 114 valence electrons. The van der Waals surface area contributed by atoms with Gasteiger partial charge in [-0.15, -0.1) is 0 Å². The van der Waals surface area contributed by atoms with Crippen LogP contribution in [0.3, 0.4) is 0 Å². The fraction of sp³-hybridized carbons (Fsp3) is 0.267. The van der Waals surface area contributed by atoms with Crippen LogP contribution in [0.5, 0.6) is 0 Å². The lowest BCUT2D eigenvalue weighted by molar-refractivity contribution is 0.0603. The predicted octanol–water partition coefficient (Wildman–Crippen LogP) is 2.18. The smallest absolute Gasteiger partial charge is 0.338 e. The molecule has 0 aliphatic rings. The van der Waals surface area contributed by atoms with Crippen LogP contribution in [0, 0.1) is 0 Å². The number of nitrogens with one attached hydrogen (secondary N) is 2. The van der Waals surface area contributed by atoms with Crippen LogP contribution in [0.1, 0.15) is 23.1 Å². The number of aryl methyl sites for hydroxylation is 1. The van der Waals surface area contributed by atoms with Gasteiger partial charge >= 0.3 is 5.97 Å². The Hall–Kier alpha value is -2.83. The molecule has 0 saturated carbocycles. The number of hydrogen-bond acceptors (Lipinski definition) is 5. The lowest BCUT2D eigenvalue weighted by Crippen LogP contribution is -2.06. The minimum atomic E-state index is -0.360.